The minimum absolute atomic E-state index is 0.0465. The van der Waals surface area contributed by atoms with Gasteiger partial charge in [0.05, 0.1) is 45.0 Å². The van der Waals surface area contributed by atoms with E-state index in [0.717, 1.165) is 50.7 Å². The fourth-order valence-corrected chi connectivity index (χ4v) is 5.72. The molecule has 0 radical (unpaired) electrons. The molecule has 174 valence electrons. The molecule has 37 heavy (non-hydrogen) atoms. The van der Waals surface area contributed by atoms with Crippen molar-refractivity contribution in [2.75, 3.05) is 9.80 Å². The van der Waals surface area contributed by atoms with Gasteiger partial charge in [0.1, 0.15) is 5.82 Å². The highest BCUT2D eigenvalue weighted by Crippen LogP contribution is 2.55. The van der Waals surface area contributed by atoms with E-state index in [9.17, 15) is 4.79 Å². The van der Waals surface area contributed by atoms with Gasteiger partial charge in [0.15, 0.2) is 0 Å². The zero-order valence-corrected chi connectivity index (χ0v) is 19.7. The summed E-state index contributed by atoms with van der Waals surface area (Å²) in [6.45, 7) is 0. The Morgan fingerprint density at radius 2 is 1.08 bits per heavy atom. The lowest BCUT2D eigenvalue weighted by molar-refractivity contribution is 0.0974. The molecule has 3 heterocycles. The first-order valence-corrected chi connectivity index (χ1v) is 12.3. The number of nitrogens with zero attached hydrogens (tertiary/aromatic N) is 4. The van der Waals surface area contributed by atoms with Crippen molar-refractivity contribution in [3.8, 4) is 11.4 Å². The summed E-state index contributed by atoms with van der Waals surface area (Å²) in [6, 6.07) is 41.0. The lowest BCUT2D eigenvalue weighted by atomic mass is 10.0. The molecule has 0 aliphatic carbocycles. The Bertz CT molecular complexity index is 1820. The SMILES string of the molecule is O=C1c2c(cccc2N2c3ccccc3N(c3ccccc3)c3ccccc32)-c2nc3ccccc3n21. The van der Waals surface area contributed by atoms with Crippen molar-refractivity contribution in [1.29, 1.82) is 0 Å². The second-order valence-corrected chi connectivity index (χ2v) is 9.25. The van der Waals surface area contributed by atoms with Crippen molar-refractivity contribution in [3.63, 3.8) is 0 Å². The Morgan fingerprint density at radius 3 is 1.78 bits per heavy atom. The van der Waals surface area contributed by atoms with Gasteiger partial charge in [-0.15, -0.1) is 0 Å². The van der Waals surface area contributed by atoms with Crippen molar-refractivity contribution in [2.45, 2.75) is 0 Å². The third-order valence-electron chi connectivity index (χ3n) is 7.24. The van der Waals surface area contributed by atoms with Crippen LogP contribution in [-0.4, -0.2) is 15.5 Å². The van der Waals surface area contributed by atoms with Crippen molar-refractivity contribution >= 4 is 51.1 Å². The first kappa shape index (κ1) is 20.1. The lowest BCUT2D eigenvalue weighted by Gasteiger charge is -2.40. The molecule has 0 spiro atoms. The topological polar surface area (TPSA) is 41.4 Å². The van der Waals surface area contributed by atoms with Crippen LogP contribution in [0.1, 0.15) is 10.4 Å². The van der Waals surface area contributed by atoms with Crippen LogP contribution in [-0.2, 0) is 0 Å². The third-order valence-corrected chi connectivity index (χ3v) is 7.24. The number of imidazole rings is 1. The summed E-state index contributed by atoms with van der Waals surface area (Å²) in [5.41, 5.74) is 9.27. The van der Waals surface area contributed by atoms with Gasteiger partial charge >= 0.3 is 0 Å². The molecule has 0 saturated carbocycles. The number of rotatable bonds is 2. The molecule has 5 nitrogen and oxygen atoms in total. The Balaban J connectivity index is 1.39. The fourth-order valence-electron chi connectivity index (χ4n) is 5.72. The minimum Gasteiger partial charge on any atom is -0.306 e. The molecule has 1 aromatic heterocycles. The number of hydrogen-bond donors (Lipinski definition) is 0. The number of anilines is 6. The number of carbonyl (C=O) groups excluding carboxylic acids is 1. The van der Waals surface area contributed by atoms with Crippen LogP contribution in [0.4, 0.5) is 34.1 Å². The summed E-state index contributed by atoms with van der Waals surface area (Å²) < 4.78 is 1.75. The van der Waals surface area contributed by atoms with E-state index in [4.69, 9.17) is 4.98 Å². The van der Waals surface area contributed by atoms with Crippen molar-refractivity contribution < 1.29 is 4.79 Å². The minimum atomic E-state index is -0.0465. The quantitative estimate of drug-likeness (QED) is 0.254. The van der Waals surface area contributed by atoms with Crippen molar-refractivity contribution in [3.05, 3.63) is 127 Å². The molecule has 2 aliphatic rings. The van der Waals surface area contributed by atoms with Crippen molar-refractivity contribution in [1.82, 2.24) is 9.55 Å². The van der Waals surface area contributed by atoms with Crippen LogP contribution in [0.2, 0.25) is 0 Å². The van der Waals surface area contributed by atoms with Gasteiger partial charge in [0, 0.05) is 11.3 Å². The van der Waals surface area contributed by atoms with Crippen LogP contribution in [0.15, 0.2) is 121 Å². The van der Waals surface area contributed by atoms with E-state index in [0.29, 0.717) is 11.4 Å². The highest BCUT2D eigenvalue weighted by atomic mass is 16.2. The predicted octanol–water partition coefficient (Wildman–Crippen LogP) is 7.96. The van der Waals surface area contributed by atoms with Gasteiger partial charge in [-0.05, 0) is 54.6 Å². The Hall–Kier alpha value is -5.16. The standard InChI is InChI=1S/C32H20N4O/c37-32-30-22(31-33-23-14-4-5-15-24(23)36(31)32)13-10-20-29(30)35-27-18-8-6-16-25(27)34(21-11-2-1-3-12-21)26-17-7-9-19-28(26)35/h1-20H. The second kappa shape index (κ2) is 7.42. The van der Waals surface area contributed by atoms with Crippen LogP contribution in [0.5, 0.6) is 0 Å². The number of para-hydroxylation sites is 7. The number of fused-ring (bicyclic) bond motifs is 7. The molecule has 5 heteroatoms. The molecule has 0 N–H and O–H groups in total. The van der Waals surface area contributed by atoms with Gasteiger partial charge in [0.25, 0.3) is 5.91 Å². The Morgan fingerprint density at radius 1 is 0.514 bits per heavy atom. The monoisotopic (exact) mass is 476 g/mol. The van der Waals surface area contributed by atoms with Crippen LogP contribution in [0, 0.1) is 0 Å². The summed E-state index contributed by atoms with van der Waals surface area (Å²) in [5, 5.41) is 0. The average molecular weight is 477 g/mol. The molecule has 0 unspecified atom stereocenters. The van der Waals surface area contributed by atoms with Crippen LogP contribution < -0.4 is 9.80 Å². The number of carbonyl (C=O) groups is 1. The molecule has 0 amide bonds. The third kappa shape index (κ3) is 2.68. The first-order valence-electron chi connectivity index (χ1n) is 12.3. The molecule has 6 aromatic rings. The predicted molar refractivity (Wildman–Crippen MR) is 148 cm³/mol. The van der Waals surface area contributed by atoms with Gasteiger partial charge in [-0.3, -0.25) is 9.36 Å². The lowest BCUT2D eigenvalue weighted by Crippen LogP contribution is -2.25. The second-order valence-electron chi connectivity index (χ2n) is 9.25. The maximum absolute atomic E-state index is 14.0. The van der Waals surface area contributed by atoms with Crippen LogP contribution >= 0.6 is 0 Å². The summed E-state index contributed by atoms with van der Waals surface area (Å²) in [7, 11) is 0. The molecule has 0 bridgehead atoms. The maximum Gasteiger partial charge on any atom is 0.267 e. The summed E-state index contributed by atoms with van der Waals surface area (Å²) in [4.78, 5) is 23.3. The molecular weight excluding hydrogens is 456 g/mol. The summed E-state index contributed by atoms with van der Waals surface area (Å²) in [6.07, 6.45) is 0. The molecule has 0 atom stereocenters. The van der Waals surface area contributed by atoms with Crippen LogP contribution in [0.25, 0.3) is 22.4 Å². The number of aromatic nitrogens is 2. The maximum atomic E-state index is 14.0. The van der Waals surface area contributed by atoms with Gasteiger partial charge < -0.3 is 9.80 Å². The Labute approximate surface area is 213 Å². The number of hydrogen-bond acceptors (Lipinski definition) is 4. The normalized spacial score (nSPS) is 13.4. The van der Waals surface area contributed by atoms with Gasteiger partial charge in [-0.1, -0.05) is 66.7 Å². The zero-order valence-electron chi connectivity index (χ0n) is 19.7. The van der Waals surface area contributed by atoms with E-state index in [-0.39, 0.29) is 5.91 Å². The summed E-state index contributed by atoms with van der Waals surface area (Å²) >= 11 is 0. The molecule has 2 aliphatic heterocycles. The molecule has 8 rings (SSSR count). The van der Waals surface area contributed by atoms with E-state index in [1.54, 1.807) is 4.57 Å². The van der Waals surface area contributed by atoms with E-state index in [1.807, 2.05) is 60.7 Å². The van der Waals surface area contributed by atoms with Gasteiger partial charge in [-0.25, -0.2) is 4.98 Å². The van der Waals surface area contributed by atoms with Crippen LogP contribution in [0.3, 0.4) is 0 Å². The molecule has 5 aromatic carbocycles. The molecule has 0 fully saturated rings. The van der Waals surface area contributed by atoms with E-state index in [1.165, 1.54) is 0 Å². The highest BCUT2D eigenvalue weighted by Gasteiger charge is 2.37. The summed E-state index contributed by atoms with van der Waals surface area (Å²) in [5.74, 6) is 0.655. The van der Waals surface area contributed by atoms with Gasteiger partial charge in [-0.2, -0.15) is 0 Å². The largest absolute Gasteiger partial charge is 0.306 e. The zero-order chi connectivity index (χ0) is 24.5. The highest BCUT2D eigenvalue weighted by molar-refractivity contribution is 6.18. The average Bonchev–Trinajstić information content (AvgIpc) is 3.47. The van der Waals surface area contributed by atoms with E-state index >= 15 is 0 Å². The Kier molecular flexibility index (Phi) is 4.03. The smallest absolute Gasteiger partial charge is 0.267 e. The van der Waals surface area contributed by atoms with E-state index in [2.05, 4.69) is 70.5 Å². The molecule has 0 saturated heterocycles. The number of benzene rings is 5. The van der Waals surface area contributed by atoms with Crippen molar-refractivity contribution in [2.24, 2.45) is 0 Å². The molecular formula is C32H20N4O. The van der Waals surface area contributed by atoms with Gasteiger partial charge in [0.2, 0.25) is 0 Å². The fraction of sp³-hybridized carbons (Fsp3) is 0. The van der Waals surface area contributed by atoms with E-state index < -0.39 is 0 Å². The first-order chi connectivity index (χ1) is 18.3.